The van der Waals surface area contributed by atoms with Gasteiger partial charge in [-0.05, 0) is 6.92 Å². The molecule has 0 saturated heterocycles. The minimum absolute atomic E-state index is 0.316. The lowest BCUT2D eigenvalue weighted by Gasteiger charge is -2.13. The van der Waals surface area contributed by atoms with Gasteiger partial charge in [-0.25, -0.2) is 0 Å². The van der Waals surface area contributed by atoms with Gasteiger partial charge in [0.25, 0.3) is 0 Å². The van der Waals surface area contributed by atoms with Crippen LogP contribution >= 0.6 is 0 Å². The number of anilines is 2. The van der Waals surface area contributed by atoms with Gasteiger partial charge >= 0.3 is 6.18 Å². The summed E-state index contributed by atoms with van der Waals surface area (Å²) < 4.78 is 36.6. The van der Waals surface area contributed by atoms with Crippen LogP contribution in [0.15, 0.2) is 0 Å². The molecular weight excluding hydrogens is 199 g/mol. The molecule has 0 aliphatic carbocycles. The van der Waals surface area contributed by atoms with E-state index >= 15 is 0 Å². The summed E-state index contributed by atoms with van der Waals surface area (Å²) in [5, 5.41) is 0. The molecule has 1 aromatic rings. The lowest BCUT2D eigenvalue weighted by molar-refractivity contribution is -0.147. The molecule has 0 radical (unpaired) electrons. The van der Waals surface area contributed by atoms with Gasteiger partial charge in [-0.1, -0.05) is 0 Å². The van der Waals surface area contributed by atoms with Crippen LogP contribution in [0.2, 0.25) is 0 Å². The Hall–Kier alpha value is -1.60. The van der Waals surface area contributed by atoms with Crippen LogP contribution in [0.25, 0.3) is 0 Å². The molecule has 14 heavy (non-hydrogen) atoms. The maximum atomic E-state index is 12.2. The van der Waals surface area contributed by atoms with Crippen LogP contribution in [0.5, 0.6) is 0 Å². The molecule has 4 N–H and O–H groups in total. The third kappa shape index (κ3) is 2.21. The molecule has 0 amide bonds. The Labute approximate surface area is 77.4 Å². The van der Waals surface area contributed by atoms with Crippen LogP contribution in [-0.4, -0.2) is 21.1 Å². The summed E-state index contributed by atoms with van der Waals surface area (Å²) in [5.41, 5.74) is 10.3. The molecule has 0 aliphatic heterocycles. The fourth-order valence-electron chi connectivity index (χ4n) is 0.767. The van der Waals surface area contributed by atoms with Crippen molar-refractivity contribution in [2.24, 2.45) is 0 Å². The number of hydrogen-bond donors (Lipinski definition) is 2. The second-order valence-corrected chi connectivity index (χ2v) is 2.67. The molecule has 1 heterocycles. The first kappa shape index (κ1) is 10.5. The van der Waals surface area contributed by atoms with Crippen LogP contribution in [0.4, 0.5) is 25.1 Å². The third-order valence-corrected chi connectivity index (χ3v) is 1.57. The third-order valence-electron chi connectivity index (χ3n) is 1.57. The van der Waals surface area contributed by atoms with Gasteiger partial charge in [0, 0.05) is 0 Å². The van der Waals surface area contributed by atoms with E-state index in [0.717, 1.165) is 6.92 Å². The Balaban J connectivity index is 3.07. The van der Waals surface area contributed by atoms with Crippen molar-refractivity contribution in [3.63, 3.8) is 0 Å². The van der Waals surface area contributed by atoms with Gasteiger partial charge in [0.2, 0.25) is 11.9 Å². The number of nitrogen functional groups attached to an aromatic ring is 2. The molecule has 0 spiro atoms. The molecule has 0 aliphatic rings. The zero-order valence-corrected chi connectivity index (χ0v) is 7.21. The summed E-state index contributed by atoms with van der Waals surface area (Å²) in [4.78, 5) is 10.1. The standard InChI is InChI=1S/C6H8F3N5/c1-2(6(7,8)9)3-12-4(10)14-5(11)13-3/h2H,1H3,(H4,10,11,12,13,14)/t2-/m1/s1. The van der Waals surface area contributed by atoms with Crippen molar-refractivity contribution in [2.45, 2.75) is 19.0 Å². The highest BCUT2D eigenvalue weighted by Crippen LogP contribution is 2.32. The highest BCUT2D eigenvalue weighted by atomic mass is 19.4. The van der Waals surface area contributed by atoms with Crippen molar-refractivity contribution < 1.29 is 13.2 Å². The normalized spacial score (nSPS) is 14.0. The Bertz CT molecular complexity index is 316. The van der Waals surface area contributed by atoms with Gasteiger partial charge in [0.05, 0.1) is 0 Å². The molecule has 0 saturated carbocycles. The molecule has 78 valence electrons. The van der Waals surface area contributed by atoms with E-state index in [1.807, 2.05) is 0 Å². The van der Waals surface area contributed by atoms with E-state index in [2.05, 4.69) is 15.0 Å². The smallest absolute Gasteiger partial charge is 0.368 e. The monoisotopic (exact) mass is 207 g/mol. The van der Waals surface area contributed by atoms with Gasteiger partial charge in [-0.2, -0.15) is 28.1 Å². The zero-order chi connectivity index (χ0) is 10.9. The zero-order valence-electron chi connectivity index (χ0n) is 7.21. The molecule has 8 heteroatoms. The summed E-state index contributed by atoms with van der Waals surface area (Å²) in [6.07, 6.45) is -4.42. The van der Waals surface area contributed by atoms with Crippen molar-refractivity contribution in [1.29, 1.82) is 0 Å². The molecule has 1 aromatic heterocycles. The first-order chi connectivity index (χ1) is 6.30. The van der Waals surface area contributed by atoms with E-state index in [1.54, 1.807) is 0 Å². The summed E-state index contributed by atoms with van der Waals surface area (Å²) in [6.45, 7) is 0.925. The molecule has 5 nitrogen and oxygen atoms in total. The van der Waals surface area contributed by atoms with Crippen LogP contribution in [0.1, 0.15) is 18.7 Å². The Kier molecular flexibility index (Phi) is 2.45. The van der Waals surface area contributed by atoms with Gasteiger partial charge in [0.15, 0.2) is 0 Å². The largest absolute Gasteiger partial charge is 0.398 e. The lowest BCUT2D eigenvalue weighted by Crippen LogP contribution is -2.21. The molecule has 1 rings (SSSR count). The van der Waals surface area contributed by atoms with Crippen LogP contribution in [-0.2, 0) is 0 Å². The summed E-state index contributed by atoms with van der Waals surface area (Å²) in [5.74, 6) is -2.91. The number of aromatic nitrogens is 3. The Morgan fingerprint density at radius 2 is 1.50 bits per heavy atom. The predicted octanol–water partition coefficient (Wildman–Crippen LogP) is 0.702. The van der Waals surface area contributed by atoms with Crippen molar-refractivity contribution in [1.82, 2.24) is 15.0 Å². The summed E-state index contributed by atoms with van der Waals surface area (Å²) in [7, 11) is 0. The predicted molar refractivity (Wildman–Crippen MR) is 43.1 cm³/mol. The minimum Gasteiger partial charge on any atom is -0.368 e. The minimum atomic E-state index is -4.42. The Morgan fingerprint density at radius 1 is 1.07 bits per heavy atom. The van der Waals surface area contributed by atoms with E-state index < -0.39 is 17.9 Å². The number of nitrogens with zero attached hydrogens (tertiary/aromatic N) is 3. The SMILES string of the molecule is C[C@H](c1nc(N)nc(N)n1)C(F)(F)F. The first-order valence-electron chi connectivity index (χ1n) is 3.64. The molecule has 0 bridgehead atoms. The molecule has 0 aromatic carbocycles. The lowest BCUT2D eigenvalue weighted by atomic mass is 10.1. The second kappa shape index (κ2) is 3.28. The van der Waals surface area contributed by atoms with Gasteiger partial charge in [-0.15, -0.1) is 0 Å². The van der Waals surface area contributed by atoms with Crippen LogP contribution < -0.4 is 11.5 Å². The fourth-order valence-corrected chi connectivity index (χ4v) is 0.767. The molecular formula is C6H8F3N5. The van der Waals surface area contributed by atoms with Crippen molar-refractivity contribution in [2.75, 3.05) is 11.5 Å². The van der Waals surface area contributed by atoms with Crippen molar-refractivity contribution in [3.8, 4) is 0 Å². The first-order valence-corrected chi connectivity index (χ1v) is 3.64. The maximum absolute atomic E-state index is 12.2. The quantitative estimate of drug-likeness (QED) is 0.707. The van der Waals surface area contributed by atoms with Gasteiger partial charge in [0.1, 0.15) is 11.7 Å². The Morgan fingerprint density at radius 3 is 1.86 bits per heavy atom. The van der Waals surface area contributed by atoms with E-state index in [4.69, 9.17) is 11.5 Å². The highest BCUT2D eigenvalue weighted by molar-refractivity contribution is 5.27. The fraction of sp³-hybridized carbons (Fsp3) is 0.500. The maximum Gasteiger partial charge on any atom is 0.398 e. The van der Waals surface area contributed by atoms with Crippen LogP contribution in [0.3, 0.4) is 0 Å². The number of hydrogen-bond acceptors (Lipinski definition) is 5. The van der Waals surface area contributed by atoms with Crippen molar-refractivity contribution in [3.05, 3.63) is 5.82 Å². The summed E-state index contributed by atoms with van der Waals surface area (Å²) >= 11 is 0. The van der Waals surface area contributed by atoms with E-state index in [9.17, 15) is 13.2 Å². The summed E-state index contributed by atoms with van der Waals surface area (Å²) in [6, 6.07) is 0. The molecule has 1 atom stereocenters. The number of rotatable bonds is 1. The second-order valence-electron chi connectivity index (χ2n) is 2.67. The topological polar surface area (TPSA) is 90.7 Å². The average molecular weight is 207 g/mol. The van der Waals surface area contributed by atoms with Gasteiger partial charge < -0.3 is 11.5 Å². The number of halogens is 3. The molecule has 0 unspecified atom stereocenters. The van der Waals surface area contributed by atoms with Crippen molar-refractivity contribution >= 4 is 11.9 Å². The number of nitrogens with two attached hydrogens (primary N) is 2. The highest BCUT2D eigenvalue weighted by Gasteiger charge is 2.39. The number of alkyl halides is 3. The van der Waals surface area contributed by atoms with Gasteiger partial charge in [-0.3, -0.25) is 0 Å². The molecule has 0 fully saturated rings. The average Bonchev–Trinajstić information content (AvgIpc) is 1.99. The van der Waals surface area contributed by atoms with E-state index in [0.29, 0.717) is 0 Å². The van der Waals surface area contributed by atoms with E-state index in [1.165, 1.54) is 0 Å². The van der Waals surface area contributed by atoms with Crippen LogP contribution in [0, 0.1) is 0 Å². The van der Waals surface area contributed by atoms with E-state index in [-0.39, 0.29) is 11.9 Å².